The molecule has 0 unspecified atom stereocenters. The highest BCUT2D eigenvalue weighted by molar-refractivity contribution is 7.99. The maximum Gasteiger partial charge on any atom is 0.244 e. The van der Waals surface area contributed by atoms with Gasteiger partial charge in [0.1, 0.15) is 17.4 Å². The summed E-state index contributed by atoms with van der Waals surface area (Å²) in [6.45, 7) is 1.12. The van der Waals surface area contributed by atoms with Crippen molar-refractivity contribution in [1.82, 2.24) is 20.1 Å². The Morgan fingerprint density at radius 1 is 1.26 bits per heavy atom. The van der Waals surface area contributed by atoms with Crippen LogP contribution in [0.5, 0.6) is 5.75 Å². The molecule has 1 amide bonds. The zero-order valence-electron chi connectivity index (χ0n) is 18.9. The van der Waals surface area contributed by atoms with Gasteiger partial charge in [-0.25, -0.2) is 4.39 Å². The van der Waals surface area contributed by atoms with E-state index in [1.54, 1.807) is 36.0 Å². The van der Waals surface area contributed by atoms with E-state index in [-0.39, 0.29) is 17.8 Å². The summed E-state index contributed by atoms with van der Waals surface area (Å²) in [6, 6.07) is 14.0. The van der Waals surface area contributed by atoms with Crippen LogP contribution >= 0.6 is 11.8 Å². The van der Waals surface area contributed by atoms with Crippen molar-refractivity contribution in [2.24, 2.45) is 0 Å². The molecule has 0 bridgehead atoms. The summed E-state index contributed by atoms with van der Waals surface area (Å²) in [5.74, 6) is 1.50. The van der Waals surface area contributed by atoms with Crippen LogP contribution in [0.25, 0.3) is 11.8 Å². The number of para-hydroxylation sites is 1. The largest absolute Gasteiger partial charge is 0.497 e. The second kappa shape index (κ2) is 11.8. The minimum Gasteiger partial charge on any atom is -0.497 e. The molecule has 4 rings (SSSR count). The minimum atomic E-state index is -0.353. The lowest BCUT2D eigenvalue weighted by Gasteiger charge is -2.13. The summed E-state index contributed by atoms with van der Waals surface area (Å²) >= 11 is 1.51. The normalized spacial score (nSPS) is 15.6. The van der Waals surface area contributed by atoms with Crippen LogP contribution in [-0.4, -0.2) is 52.8 Å². The van der Waals surface area contributed by atoms with Gasteiger partial charge in [-0.15, -0.1) is 10.2 Å². The fraction of sp³-hybridized carbons (Fsp3) is 0.320. The minimum absolute atomic E-state index is 0.177. The first kappa shape index (κ1) is 24.0. The first-order valence-electron chi connectivity index (χ1n) is 11.2. The van der Waals surface area contributed by atoms with Crippen LogP contribution in [0.2, 0.25) is 0 Å². The van der Waals surface area contributed by atoms with Gasteiger partial charge in [-0.2, -0.15) is 0 Å². The number of carbonyl (C=O) groups is 1. The van der Waals surface area contributed by atoms with Gasteiger partial charge in [-0.05, 0) is 48.7 Å². The fourth-order valence-corrected chi connectivity index (χ4v) is 4.65. The second-order valence-corrected chi connectivity index (χ2v) is 8.77. The number of methoxy groups -OCH3 is 1. The van der Waals surface area contributed by atoms with Crippen LogP contribution in [0.4, 0.5) is 4.39 Å². The number of hydrogen-bond donors (Lipinski definition) is 1. The van der Waals surface area contributed by atoms with Gasteiger partial charge in [0.25, 0.3) is 0 Å². The molecular formula is C25H27FN4O3S. The van der Waals surface area contributed by atoms with Crippen molar-refractivity contribution in [2.45, 2.75) is 30.5 Å². The Labute approximate surface area is 202 Å². The van der Waals surface area contributed by atoms with Gasteiger partial charge in [0, 0.05) is 31.4 Å². The van der Waals surface area contributed by atoms with Crippen LogP contribution in [0.3, 0.4) is 0 Å². The Hall–Kier alpha value is -3.17. The number of halogens is 1. The smallest absolute Gasteiger partial charge is 0.244 e. The number of hydrogen-bond acceptors (Lipinski definition) is 6. The van der Waals surface area contributed by atoms with Crippen LogP contribution < -0.4 is 10.1 Å². The van der Waals surface area contributed by atoms with Crippen LogP contribution in [0.15, 0.2) is 59.8 Å². The molecule has 1 saturated heterocycles. The number of aromatic nitrogens is 3. The molecule has 1 aliphatic heterocycles. The molecule has 3 aromatic rings. The highest BCUT2D eigenvalue weighted by Crippen LogP contribution is 2.27. The molecule has 1 atom stereocenters. The van der Waals surface area contributed by atoms with E-state index in [1.807, 2.05) is 24.3 Å². The first-order valence-corrected chi connectivity index (χ1v) is 12.2. The molecule has 0 spiro atoms. The molecule has 1 fully saturated rings. The Bertz CT molecular complexity index is 1130. The predicted molar refractivity (Wildman–Crippen MR) is 130 cm³/mol. The van der Waals surface area contributed by atoms with E-state index in [0.717, 1.165) is 36.5 Å². The molecule has 1 aromatic heterocycles. The number of amides is 1. The summed E-state index contributed by atoms with van der Waals surface area (Å²) in [6.07, 6.45) is 5.87. The van der Waals surface area contributed by atoms with E-state index < -0.39 is 0 Å². The Morgan fingerprint density at radius 3 is 2.82 bits per heavy atom. The predicted octanol–water partition coefficient (Wildman–Crippen LogP) is 4.06. The van der Waals surface area contributed by atoms with Gasteiger partial charge < -0.3 is 14.8 Å². The molecule has 0 aliphatic carbocycles. The summed E-state index contributed by atoms with van der Waals surface area (Å²) in [4.78, 5) is 12.2. The molecule has 0 radical (unpaired) electrons. The number of carbonyl (C=O) groups excluding carboxylic acids is 1. The van der Waals surface area contributed by atoms with Crippen LogP contribution in [0.1, 0.15) is 24.2 Å². The molecule has 9 heteroatoms. The highest BCUT2D eigenvalue weighted by Gasteiger charge is 2.21. The van der Waals surface area contributed by atoms with E-state index >= 15 is 0 Å². The standard InChI is InChI=1S/C25H27FN4O3S/c1-32-19-11-8-18(9-12-19)10-13-24(31)27-15-14-23-28-29-25(34-17-20-5-4-16-33-20)30(23)22-7-3-2-6-21(22)26/h2-3,6-13,20H,4-5,14-17H2,1H3,(H,27,31)/b13-10+/t20-/m0/s1. The van der Waals surface area contributed by atoms with Gasteiger partial charge in [-0.3, -0.25) is 9.36 Å². The van der Waals surface area contributed by atoms with Crippen molar-refractivity contribution in [3.8, 4) is 11.4 Å². The average Bonchev–Trinajstić information content (AvgIpc) is 3.52. The lowest BCUT2D eigenvalue weighted by atomic mass is 10.2. The van der Waals surface area contributed by atoms with Crippen LogP contribution in [-0.2, 0) is 16.0 Å². The first-order chi connectivity index (χ1) is 16.6. The van der Waals surface area contributed by atoms with Crippen LogP contribution in [0, 0.1) is 5.82 Å². The van der Waals surface area contributed by atoms with Crippen molar-refractivity contribution in [2.75, 3.05) is 26.0 Å². The molecule has 1 N–H and O–H groups in total. The molecule has 7 nitrogen and oxygen atoms in total. The average molecular weight is 483 g/mol. The quantitative estimate of drug-likeness (QED) is 0.347. The number of nitrogens with zero attached hydrogens (tertiary/aromatic N) is 3. The maximum atomic E-state index is 14.6. The number of thioether (sulfide) groups is 1. The van der Waals surface area contributed by atoms with E-state index in [1.165, 1.54) is 23.9 Å². The highest BCUT2D eigenvalue weighted by atomic mass is 32.2. The third-order valence-electron chi connectivity index (χ3n) is 5.41. The molecule has 0 saturated carbocycles. The third-order valence-corrected chi connectivity index (χ3v) is 6.47. The molecule has 1 aliphatic rings. The van der Waals surface area contributed by atoms with Gasteiger partial charge in [-0.1, -0.05) is 36.0 Å². The molecule has 34 heavy (non-hydrogen) atoms. The molecule has 2 heterocycles. The van der Waals surface area contributed by atoms with E-state index in [0.29, 0.717) is 29.6 Å². The number of ether oxygens (including phenoxy) is 2. The van der Waals surface area contributed by atoms with Crippen molar-refractivity contribution in [3.63, 3.8) is 0 Å². The lowest BCUT2D eigenvalue weighted by molar-refractivity contribution is -0.116. The second-order valence-electron chi connectivity index (χ2n) is 7.78. The van der Waals surface area contributed by atoms with E-state index in [4.69, 9.17) is 9.47 Å². The van der Waals surface area contributed by atoms with Crippen molar-refractivity contribution < 1.29 is 18.7 Å². The topological polar surface area (TPSA) is 78.3 Å². The lowest BCUT2D eigenvalue weighted by Crippen LogP contribution is -2.24. The Kier molecular flexibility index (Phi) is 8.32. The maximum absolute atomic E-state index is 14.6. The van der Waals surface area contributed by atoms with Crippen molar-refractivity contribution in [3.05, 3.63) is 71.8 Å². The summed E-state index contributed by atoms with van der Waals surface area (Å²) < 4.78 is 27.2. The zero-order chi connectivity index (χ0) is 23.8. The Morgan fingerprint density at radius 2 is 2.09 bits per heavy atom. The Balaban J connectivity index is 1.40. The van der Waals surface area contributed by atoms with Crippen molar-refractivity contribution in [1.29, 1.82) is 0 Å². The van der Waals surface area contributed by atoms with Gasteiger partial charge in [0.15, 0.2) is 5.16 Å². The fourth-order valence-electron chi connectivity index (χ4n) is 3.62. The number of rotatable bonds is 10. The summed E-state index contributed by atoms with van der Waals surface area (Å²) in [5.41, 5.74) is 1.28. The van der Waals surface area contributed by atoms with E-state index in [2.05, 4.69) is 15.5 Å². The zero-order valence-corrected chi connectivity index (χ0v) is 19.8. The van der Waals surface area contributed by atoms with Gasteiger partial charge >= 0.3 is 0 Å². The van der Waals surface area contributed by atoms with Gasteiger partial charge in [0.2, 0.25) is 5.91 Å². The SMILES string of the molecule is COc1ccc(/C=C/C(=O)NCCc2nnc(SC[C@@H]3CCCO3)n2-c2ccccc2F)cc1. The van der Waals surface area contributed by atoms with Gasteiger partial charge in [0.05, 0.1) is 18.9 Å². The summed E-state index contributed by atoms with van der Waals surface area (Å²) in [5, 5.41) is 12.1. The monoisotopic (exact) mass is 482 g/mol. The third kappa shape index (κ3) is 6.24. The molecular weight excluding hydrogens is 455 g/mol. The molecule has 178 valence electrons. The van der Waals surface area contributed by atoms with Crippen molar-refractivity contribution >= 4 is 23.7 Å². The number of nitrogens with one attached hydrogen (secondary N) is 1. The summed E-state index contributed by atoms with van der Waals surface area (Å²) in [7, 11) is 1.61. The van der Waals surface area contributed by atoms with E-state index in [9.17, 15) is 9.18 Å². The molecule has 2 aromatic carbocycles. The number of benzene rings is 2.